The molecule has 0 bridgehead atoms. The average Bonchev–Trinajstić information content (AvgIpc) is 3.06. The second-order valence-corrected chi connectivity index (χ2v) is 7.08. The number of alkyl halides is 3. The fourth-order valence-corrected chi connectivity index (χ4v) is 3.49. The highest BCUT2D eigenvalue weighted by Gasteiger charge is 2.41. The van der Waals surface area contributed by atoms with Crippen molar-refractivity contribution in [3.63, 3.8) is 0 Å². The molecule has 3 heterocycles. The van der Waals surface area contributed by atoms with Gasteiger partial charge in [0.05, 0.1) is 19.0 Å². The number of carbonyl (C=O) groups excluding carboxylic acids is 2. The molecule has 29 heavy (non-hydrogen) atoms. The lowest BCUT2D eigenvalue weighted by Crippen LogP contribution is -2.57. The van der Waals surface area contributed by atoms with Crippen LogP contribution in [0, 0.1) is 5.92 Å². The molecule has 2 saturated heterocycles. The molecule has 2 aliphatic rings. The van der Waals surface area contributed by atoms with E-state index >= 15 is 0 Å². The summed E-state index contributed by atoms with van der Waals surface area (Å²) in [6, 6.07) is 12.6. The Hall–Kier alpha value is -3.10. The van der Waals surface area contributed by atoms with Gasteiger partial charge in [-0.15, -0.1) is 0 Å². The number of halogens is 3. The summed E-state index contributed by atoms with van der Waals surface area (Å²) >= 11 is 0. The second kappa shape index (κ2) is 7.38. The molecule has 152 valence electrons. The van der Waals surface area contributed by atoms with Crippen molar-refractivity contribution < 1.29 is 27.5 Å². The summed E-state index contributed by atoms with van der Waals surface area (Å²) in [6.07, 6.45) is -4.82. The van der Waals surface area contributed by atoms with Crippen LogP contribution in [0.1, 0.15) is 12.1 Å². The lowest BCUT2D eigenvalue weighted by Gasteiger charge is -2.39. The Morgan fingerprint density at radius 3 is 2.45 bits per heavy atom. The minimum absolute atomic E-state index is 0.101. The number of carbonyl (C=O) groups is 2. The fourth-order valence-electron chi connectivity index (χ4n) is 3.49. The van der Waals surface area contributed by atoms with Crippen LogP contribution < -0.4 is 9.64 Å². The number of aromatic nitrogens is 1. The highest BCUT2D eigenvalue weighted by Crippen LogP contribution is 2.30. The number of ether oxygens (including phenoxy) is 1. The van der Waals surface area contributed by atoms with Crippen molar-refractivity contribution in [3.05, 3.63) is 54.2 Å². The molecule has 1 aromatic heterocycles. The Labute approximate surface area is 164 Å². The quantitative estimate of drug-likeness (QED) is 0.785. The molecule has 6 nitrogen and oxygen atoms in total. The van der Waals surface area contributed by atoms with Gasteiger partial charge in [0.25, 0.3) is 0 Å². The zero-order chi connectivity index (χ0) is 20.6. The number of benzene rings is 1. The van der Waals surface area contributed by atoms with Crippen LogP contribution in [0.15, 0.2) is 48.5 Å². The van der Waals surface area contributed by atoms with E-state index < -0.39 is 23.9 Å². The average molecular weight is 405 g/mol. The van der Waals surface area contributed by atoms with Crippen molar-refractivity contribution in [2.75, 3.05) is 24.5 Å². The molecular weight excluding hydrogens is 387 g/mol. The number of nitrogens with zero attached hydrogens (tertiary/aromatic N) is 3. The van der Waals surface area contributed by atoms with E-state index in [4.69, 9.17) is 4.74 Å². The third-order valence-electron chi connectivity index (χ3n) is 5.00. The van der Waals surface area contributed by atoms with Crippen molar-refractivity contribution in [2.24, 2.45) is 5.92 Å². The number of likely N-dealkylation sites (tertiary alicyclic amines) is 1. The van der Waals surface area contributed by atoms with E-state index in [-0.39, 0.29) is 37.2 Å². The Morgan fingerprint density at radius 1 is 1.03 bits per heavy atom. The van der Waals surface area contributed by atoms with Crippen molar-refractivity contribution in [2.45, 2.75) is 18.7 Å². The van der Waals surface area contributed by atoms with E-state index in [1.54, 1.807) is 9.80 Å². The first-order valence-electron chi connectivity index (χ1n) is 9.16. The summed E-state index contributed by atoms with van der Waals surface area (Å²) in [5, 5.41) is 0. The first-order chi connectivity index (χ1) is 13.8. The highest BCUT2D eigenvalue weighted by atomic mass is 19.4. The molecule has 2 aromatic rings. The predicted octanol–water partition coefficient (Wildman–Crippen LogP) is 2.74. The summed E-state index contributed by atoms with van der Waals surface area (Å²) in [5.74, 6) is -0.803. The Morgan fingerprint density at radius 2 is 1.76 bits per heavy atom. The fraction of sp³-hybridized carbons (Fsp3) is 0.350. The predicted molar refractivity (Wildman–Crippen MR) is 97.1 cm³/mol. The summed E-state index contributed by atoms with van der Waals surface area (Å²) in [5.41, 5.74) is -0.263. The highest BCUT2D eigenvalue weighted by molar-refractivity contribution is 6.00. The van der Waals surface area contributed by atoms with Crippen LogP contribution in [0.25, 0.3) is 0 Å². The largest absolute Gasteiger partial charge is 0.471 e. The maximum atomic E-state index is 12.7. The van der Waals surface area contributed by atoms with Crippen LogP contribution in [-0.2, 0) is 15.8 Å². The molecule has 0 spiro atoms. The molecule has 9 heteroatoms. The van der Waals surface area contributed by atoms with E-state index in [0.717, 1.165) is 11.8 Å². The first kappa shape index (κ1) is 19.2. The van der Waals surface area contributed by atoms with Gasteiger partial charge in [0.15, 0.2) is 0 Å². The van der Waals surface area contributed by atoms with Crippen molar-refractivity contribution >= 4 is 17.5 Å². The summed E-state index contributed by atoms with van der Waals surface area (Å²) in [6.45, 7) is 0.832. The number of para-hydroxylation sites is 1. The maximum absolute atomic E-state index is 12.7. The van der Waals surface area contributed by atoms with Crippen LogP contribution >= 0.6 is 0 Å². The molecule has 4 rings (SSSR count). The van der Waals surface area contributed by atoms with Crippen LogP contribution in [0.2, 0.25) is 0 Å². The van der Waals surface area contributed by atoms with E-state index in [9.17, 15) is 22.8 Å². The Kier molecular flexibility index (Phi) is 4.89. The monoisotopic (exact) mass is 405 g/mol. The number of hydrogen-bond acceptors (Lipinski definition) is 4. The topological polar surface area (TPSA) is 62.7 Å². The van der Waals surface area contributed by atoms with Gasteiger partial charge in [-0.1, -0.05) is 24.3 Å². The van der Waals surface area contributed by atoms with Crippen molar-refractivity contribution in [3.8, 4) is 5.88 Å². The van der Waals surface area contributed by atoms with Gasteiger partial charge in [0.1, 0.15) is 11.8 Å². The first-order valence-corrected chi connectivity index (χ1v) is 9.16. The number of amides is 2. The van der Waals surface area contributed by atoms with Crippen molar-refractivity contribution in [1.29, 1.82) is 0 Å². The van der Waals surface area contributed by atoms with Gasteiger partial charge in [-0.2, -0.15) is 13.2 Å². The molecule has 0 N–H and O–H groups in total. The molecule has 2 aliphatic heterocycles. The maximum Gasteiger partial charge on any atom is 0.433 e. The summed E-state index contributed by atoms with van der Waals surface area (Å²) < 4.78 is 43.6. The number of rotatable bonds is 4. The van der Waals surface area contributed by atoms with E-state index in [1.165, 1.54) is 12.1 Å². The smallest absolute Gasteiger partial charge is 0.433 e. The molecule has 1 aromatic carbocycles. The van der Waals surface area contributed by atoms with Crippen LogP contribution in [0.4, 0.5) is 18.9 Å². The minimum atomic E-state index is -4.54. The normalized spacial score (nSPS) is 20.0. The van der Waals surface area contributed by atoms with Gasteiger partial charge in [-0.05, 0) is 18.2 Å². The molecular formula is C20H18F3N3O3. The standard InChI is InChI=1S/C20H18F3N3O3/c21-20(22,23)16-7-4-8-17(24-16)29-15-11-25(12-15)19(28)13-9-18(27)26(10-13)14-5-2-1-3-6-14/h1-8,13,15H,9-12H2. The molecule has 1 atom stereocenters. The summed E-state index contributed by atoms with van der Waals surface area (Å²) in [4.78, 5) is 31.6. The van der Waals surface area contributed by atoms with Crippen molar-refractivity contribution in [1.82, 2.24) is 9.88 Å². The molecule has 2 amide bonds. The van der Waals surface area contributed by atoms with Gasteiger partial charge >= 0.3 is 6.18 Å². The van der Waals surface area contributed by atoms with Gasteiger partial charge in [-0.3, -0.25) is 9.59 Å². The van der Waals surface area contributed by atoms with E-state index in [2.05, 4.69) is 4.98 Å². The van der Waals surface area contributed by atoms with Gasteiger partial charge in [-0.25, -0.2) is 4.98 Å². The SMILES string of the molecule is O=C(C1CC(=O)N(c2ccccc2)C1)N1CC(Oc2cccc(C(F)(F)F)n2)C1. The van der Waals surface area contributed by atoms with Gasteiger partial charge in [0.2, 0.25) is 17.7 Å². The molecule has 1 unspecified atom stereocenters. The number of anilines is 1. The zero-order valence-corrected chi connectivity index (χ0v) is 15.3. The van der Waals surface area contributed by atoms with Gasteiger partial charge < -0.3 is 14.5 Å². The third kappa shape index (κ3) is 4.03. The van der Waals surface area contributed by atoms with E-state index in [1.807, 2.05) is 30.3 Å². The Bertz CT molecular complexity index is 914. The number of hydrogen-bond donors (Lipinski definition) is 0. The van der Waals surface area contributed by atoms with Crippen LogP contribution in [0.3, 0.4) is 0 Å². The summed E-state index contributed by atoms with van der Waals surface area (Å²) in [7, 11) is 0. The van der Waals surface area contributed by atoms with Gasteiger partial charge in [0, 0.05) is 24.7 Å². The third-order valence-corrected chi connectivity index (χ3v) is 5.00. The number of pyridine rings is 1. The lowest BCUT2D eigenvalue weighted by atomic mass is 10.0. The second-order valence-electron chi connectivity index (χ2n) is 7.08. The Balaban J connectivity index is 1.31. The van der Waals surface area contributed by atoms with Crippen LogP contribution in [0.5, 0.6) is 5.88 Å². The van der Waals surface area contributed by atoms with Crippen LogP contribution in [-0.4, -0.2) is 47.4 Å². The molecule has 0 radical (unpaired) electrons. The minimum Gasteiger partial charge on any atom is -0.471 e. The lowest BCUT2D eigenvalue weighted by molar-refractivity contribution is -0.144. The molecule has 0 aliphatic carbocycles. The van der Waals surface area contributed by atoms with E-state index in [0.29, 0.717) is 6.54 Å². The molecule has 0 saturated carbocycles. The molecule has 2 fully saturated rings. The zero-order valence-electron chi connectivity index (χ0n) is 15.3.